The minimum absolute atomic E-state index is 0.578. The lowest BCUT2D eigenvalue weighted by Gasteiger charge is -2.07. The summed E-state index contributed by atoms with van der Waals surface area (Å²) in [6.45, 7) is 4.35. The van der Waals surface area contributed by atoms with Crippen molar-refractivity contribution in [2.45, 2.75) is 13.8 Å². The van der Waals surface area contributed by atoms with E-state index < -0.39 is 0 Å². The molecule has 0 spiro atoms. The highest BCUT2D eigenvalue weighted by Gasteiger charge is 2.01. The molecule has 0 aliphatic heterocycles. The van der Waals surface area contributed by atoms with Gasteiger partial charge in [-0.3, -0.25) is 0 Å². The number of rotatable bonds is 4. The molecule has 2 rings (SSSR count). The molecule has 0 atom stereocenters. The first-order valence-corrected chi connectivity index (χ1v) is 5.96. The second-order valence-corrected chi connectivity index (χ2v) is 3.94. The average molecular weight is 254 g/mol. The molecule has 5 nitrogen and oxygen atoms in total. The van der Waals surface area contributed by atoms with Gasteiger partial charge >= 0.3 is 0 Å². The molecule has 5 heteroatoms. The Morgan fingerprint density at radius 3 is 2.84 bits per heavy atom. The van der Waals surface area contributed by atoms with Crippen molar-refractivity contribution in [1.82, 2.24) is 9.97 Å². The van der Waals surface area contributed by atoms with Crippen molar-refractivity contribution in [1.29, 1.82) is 5.26 Å². The summed E-state index contributed by atoms with van der Waals surface area (Å²) in [4.78, 5) is 8.47. The number of nitrogens with one attached hydrogen (secondary N) is 1. The van der Waals surface area contributed by atoms with Crippen molar-refractivity contribution < 1.29 is 4.74 Å². The van der Waals surface area contributed by atoms with E-state index in [0.29, 0.717) is 23.9 Å². The van der Waals surface area contributed by atoms with Crippen LogP contribution in [0.1, 0.15) is 18.2 Å². The van der Waals surface area contributed by atoms with E-state index >= 15 is 0 Å². The van der Waals surface area contributed by atoms with E-state index in [4.69, 9.17) is 10.00 Å². The van der Waals surface area contributed by atoms with Gasteiger partial charge in [-0.1, -0.05) is 0 Å². The van der Waals surface area contributed by atoms with E-state index in [9.17, 15) is 0 Å². The van der Waals surface area contributed by atoms with Crippen LogP contribution in [0.4, 0.5) is 11.5 Å². The average Bonchev–Trinajstić information content (AvgIpc) is 2.40. The van der Waals surface area contributed by atoms with E-state index in [0.717, 1.165) is 11.4 Å². The maximum atomic E-state index is 8.91. The van der Waals surface area contributed by atoms with E-state index in [2.05, 4.69) is 21.4 Å². The number of nitrogens with zero attached hydrogens (tertiary/aromatic N) is 3. The molecule has 0 unspecified atom stereocenters. The van der Waals surface area contributed by atoms with Crippen LogP contribution in [0.5, 0.6) is 5.88 Å². The highest BCUT2D eigenvalue weighted by atomic mass is 16.5. The third kappa shape index (κ3) is 3.42. The van der Waals surface area contributed by atoms with Gasteiger partial charge in [0.05, 0.1) is 30.1 Å². The Kier molecular flexibility index (Phi) is 3.94. The number of hydrogen-bond acceptors (Lipinski definition) is 5. The summed E-state index contributed by atoms with van der Waals surface area (Å²) < 4.78 is 5.27. The Morgan fingerprint density at radius 2 is 2.21 bits per heavy atom. The number of aryl methyl sites for hydroxylation is 1. The normalized spacial score (nSPS) is 9.74. The zero-order valence-corrected chi connectivity index (χ0v) is 10.8. The molecule has 0 aliphatic carbocycles. The molecule has 96 valence electrons. The molecule has 0 aliphatic rings. The molecule has 0 saturated carbocycles. The number of aromatic nitrogens is 2. The minimum Gasteiger partial charge on any atom is -0.478 e. The summed E-state index contributed by atoms with van der Waals surface area (Å²) in [6, 6.07) is 9.18. The second-order valence-electron chi connectivity index (χ2n) is 3.94. The smallest absolute Gasteiger partial charge is 0.213 e. The van der Waals surface area contributed by atoms with Crippen molar-refractivity contribution in [2.75, 3.05) is 11.9 Å². The number of pyridine rings is 2. The lowest BCUT2D eigenvalue weighted by molar-refractivity contribution is 0.327. The molecular weight excluding hydrogens is 240 g/mol. The van der Waals surface area contributed by atoms with Crippen LogP contribution >= 0.6 is 0 Å². The number of hydrogen-bond donors (Lipinski definition) is 1. The monoisotopic (exact) mass is 254 g/mol. The van der Waals surface area contributed by atoms with Gasteiger partial charge in [0.25, 0.3) is 0 Å². The molecule has 0 bridgehead atoms. The van der Waals surface area contributed by atoms with Crippen molar-refractivity contribution in [3.63, 3.8) is 0 Å². The fraction of sp³-hybridized carbons (Fsp3) is 0.214. The van der Waals surface area contributed by atoms with Crippen LogP contribution in [-0.4, -0.2) is 16.6 Å². The topological polar surface area (TPSA) is 70.8 Å². The van der Waals surface area contributed by atoms with E-state index in [1.165, 1.54) is 0 Å². The van der Waals surface area contributed by atoms with Gasteiger partial charge in [0.15, 0.2) is 0 Å². The predicted octanol–water partition coefficient (Wildman–Crippen LogP) is 2.80. The van der Waals surface area contributed by atoms with E-state index in [-0.39, 0.29) is 0 Å². The summed E-state index contributed by atoms with van der Waals surface area (Å²) in [6.07, 6.45) is 1.67. The maximum absolute atomic E-state index is 8.91. The Hall–Kier alpha value is -2.61. The van der Waals surface area contributed by atoms with Gasteiger partial charge in [-0.25, -0.2) is 9.97 Å². The fourth-order valence-electron chi connectivity index (χ4n) is 1.63. The highest BCUT2D eigenvalue weighted by Crippen LogP contribution is 2.17. The fourth-order valence-corrected chi connectivity index (χ4v) is 1.63. The number of ether oxygens (including phenoxy) is 1. The Morgan fingerprint density at radius 1 is 1.37 bits per heavy atom. The van der Waals surface area contributed by atoms with Gasteiger partial charge in [0.2, 0.25) is 5.88 Å². The molecule has 2 aromatic heterocycles. The second kappa shape index (κ2) is 5.83. The molecule has 0 aromatic carbocycles. The Bertz CT molecular complexity index is 602. The van der Waals surface area contributed by atoms with Crippen molar-refractivity contribution >= 4 is 11.5 Å². The molecule has 0 radical (unpaired) electrons. The summed E-state index contributed by atoms with van der Waals surface area (Å²) in [5.74, 6) is 1.21. The van der Waals surface area contributed by atoms with Crippen LogP contribution in [0, 0.1) is 18.3 Å². The van der Waals surface area contributed by atoms with Gasteiger partial charge in [-0.2, -0.15) is 5.26 Å². The number of nitriles is 1. The van der Waals surface area contributed by atoms with E-state index in [1.54, 1.807) is 24.4 Å². The summed E-state index contributed by atoms with van der Waals surface area (Å²) >= 11 is 0. The van der Waals surface area contributed by atoms with Crippen LogP contribution in [0.3, 0.4) is 0 Å². The first-order valence-electron chi connectivity index (χ1n) is 5.96. The molecular formula is C14H14N4O. The highest BCUT2D eigenvalue weighted by molar-refractivity contribution is 5.57. The van der Waals surface area contributed by atoms with E-state index in [1.807, 2.05) is 19.9 Å². The molecule has 2 heterocycles. The maximum Gasteiger partial charge on any atom is 0.213 e. The summed E-state index contributed by atoms with van der Waals surface area (Å²) in [5.41, 5.74) is 2.17. The van der Waals surface area contributed by atoms with Crippen LogP contribution in [0.25, 0.3) is 0 Å². The molecule has 1 N–H and O–H groups in total. The van der Waals surface area contributed by atoms with Gasteiger partial charge in [-0.05, 0) is 32.0 Å². The summed E-state index contributed by atoms with van der Waals surface area (Å²) in [5, 5.41) is 12.0. The zero-order chi connectivity index (χ0) is 13.7. The van der Waals surface area contributed by atoms with Gasteiger partial charge in [0, 0.05) is 11.8 Å². The quantitative estimate of drug-likeness (QED) is 0.908. The largest absolute Gasteiger partial charge is 0.478 e. The SMILES string of the molecule is CCOc1ccc(Nc2cc(C#N)cc(C)n2)cn1. The van der Waals surface area contributed by atoms with Gasteiger partial charge in [-0.15, -0.1) is 0 Å². The van der Waals surface area contributed by atoms with Crippen LogP contribution < -0.4 is 10.1 Å². The first-order chi connectivity index (χ1) is 9.21. The van der Waals surface area contributed by atoms with Crippen molar-refractivity contribution in [2.24, 2.45) is 0 Å². The zero-order valence-electron chi connectivity index (χ0n) is 10.8. The Labute approximate surface area is 111 Å². The Balaban J connectivity index is 2.17. The third-order valence-electron chi connectivity index (χ3n) is 2.38. The molecule has 0 amide bonds. The summed E-state index contributed by atoms with van der Waals surface area (Å²) in [7, 11) is 0. The molecule has 19 heavy (non-hydrogen) atoms. The minimum atomic E-state index is 0.578. The third-order valence-corrected chi connectivity index (χ3v) is 2.38. The number of anilines is 2. The van der Waals surface area contributed by atoms with Crippen LogP contribution in [0.2, 0.25) is 0 Å². The van der Waals surface area contributed by atoms with Gasteiger partial charge in [0.1, 0.15) is 5.82 Å². The lowest BCUT2D eigenvalue weighted by Crippen LogP contribution is -1.98. The predicted molar refractivity (Wildman–Crippen MR) is 72.4 cm³/mol. The first kappa shape index (κ1) is 12.8. The van der Waals surface area contributed by atoms with Crippen LogP contribution in [0.15, 0.2) is 30.5 Å². The molecule has 0 fully saturated rings. The molecule has 0 saturated heterocycles. The molecule has 2 aromatic rings. The van der Waals surface area contributed by atoms with Crippen molar-refractivity contribution in [3.05, 3.63) is 41.7 Å². The van der Waals surface area contributed by atoms with Crippen molar-refractivity contribution in [3.8, 4) is 11.9 Å². The standard InChI is InChI=1S/C14H14N4O/c1-3-19-14-5-4-12(9-16-14)18-13-7-11(8-15)6-10(2)17-13/h4-7,9H,3H2,1-2H3,(H,17,18). The van der Waals surface area contributed by atoms with Crippen LogP contribution in [-0.2, 0) is 0 Å². The lowest BCUT2D eigenvalue weighted by atomic mass is 10.2. The van der Waals surface area contributed by atoms with Gasteiger partial charge < -0.3 is 10.1 Å².